The van der Waals surface area contributed by atoms with Crippen LogP contribution in [-0.4, -0.2) is 19.8 Å². The van der Waals surface area contributed by atoms with Gasteiger partial charge in [0.25, 0.3) is 0 Å². The molecule has 0 radical (unpaired) electrons. The highest BCUT2D eigenvalue weighted by molar-refractivity contribution is 9.11. The Morgan fingerprint density at radius 2 is 2.05 bits per heavy atom. The third kappa shape index (κ3) is 3.29. The monoisotopic (exact) mass is 374 g/mol. The molecule has 0 fully saturated rings. The van der Waals surface area contributed by atoms with E-state index >= 15 is 0 Å². The molecule has 1 heterocycles. The number of sulfonamides is 1. The van der Waals surface area contributed by atoms with E-state index in [0.717, 1.165) is 9.35 Å². The zero-order chi connectivity index (χ0) is 14.8. The summed E-state index contributed by atoms with van der Waals surface area (Å²) in [5, 5.41) is 1.94. The van der Waals surface area contributed by atoms with Gasteiger partial charge in [-0.25, -0.2) is 8.42 Å². The van der Waals surface area contributed by atoms with E-state index in [1.54, 1.807) is 31.3 Å². The van der Waals surface area contributed by atoms with Crippen LogP contribution in [0.4, 0.5) is 0 Å². The molecule has 1 aromatic carbocycles. The first-order chi connectivity index (χ1) is 9.45. The van der Waals surface area contributed by atoms with Gasteiger partial charge in [0, 0.05) is 20.1 Å². The van der Waals surface area contributed by atoms with E-state index in [1.807, 2.05) is 11.4 Å². The Hall–Kier alpha value is -0.730. The predicted octanol–water partition coefficient (Wildman–Crippen LogP) is 2.79. The van der Waals surface area contributed by atoms with Crippen molar-refractivity contribution in [2.45, 2.75) is 18.0 Å². The Kier molecular flexibility index (Phi) is 4.98. The molecule has 0 aliphatic heterocycles. The highest BCUT2D eigenvalue weighted by Crippen LogP contribution is 2.24. The molecule has 0 saturated heterocycles. The molecular weight excluding hydrogens is 360 g/mol. The smallest absolute Gasteiger partial charge is 0.243 e. The van der Waals surface area contributed by atoms with Crippen LogP contribution in [-0.2, 0) is 23.1 Å². The van der Waals surface area contributed by atoms with Crippen LogP contribution in [0.25, 0.3) is 0 Å². The van der Waals surface area contributed by atoms with Crippen LogP contribution in [0.15, 0.2) is 44.4 Å². The quantitative estimate of drug-likeness (QED) is 0.874. The van der Waals surface area contributed by atoms with Crippen molar-refractivity contribution in [3.8, 4) is 0 Å². The number of benzene rings is 1. The van der Waals surface area contributed by atoms with Gasteiger partial charge in [-0.1, -0.05) is 18.2 Å². The molecule has 2 N–H and O–H groups in total. The first-order valence-corrected chi connectivity index (χ1v) is 9.03. The van der Waals surface area contributed by atoms with Gasteiger partial charge in [0.1, 0.15) is 0 Å². The van der Waals surface area contributed by atoms with E-state index in [-0.39, 0.29) is 11.4 Å². The number of thiophene rings is 1. The lowest BCUT2D eigenvalue weighted by molar-refractivity contribution is 0.466. The highest BCUT2D eigenvalue weighted by atomic mass is 79.9. The molecule has 2 rings (SSSR count). The van der Waals surface area contributed by atoms with Crippen molar-refractivity contribution in [2.75, 3.05) is 7.05 Å². The molecule has 0 aliphatic carbocycles. The second-order valence-electron chi connectivity index (χ2n) is 4.33. The van der Waals surface area contributed by atoms with Crippen molar-refractivity contribution in [3.05, 3.63) is 50.6 Å². The molecule has 2 aromatic rings. The van der Waals surface area contributed by atoms with Crippen molar-refractivity contribution < 1.29 is 8.42 Å². The van der Waals surface area contributed by atoms with Gasteiger partial charge in [-0.3, -0.25) is 0 Å². The van der Waals surface area contributed by atoms with E-state index in [2.05, 4.69) is 15.9 Å². The van der Waals surface area contributed by atoms with Gasteiger partial charge in [0.2, 0.25) is 10.0 Å². The van der Waals surface area contributed by atoms with Crippen LogP contribution in [0.2, 0.25) is 0 Å². The molecular formula is C13H15BrN2O2S2. The summed E-state index contributed by atoms with van der Waals surface area (Å²) in [5.41, 5.74) is 7.20. The Bertz CT molecular complexity index is 698. The van der Waals surface area contributed by atoms with E-state index in [0.29, 0.717) is 12.1 Å². The SMILES string of the molecule is CN(Cc1csc(Br)c1)S(=O)(=O)c1ccccc1CN. The second-order valence-corrected chi connectivity index (χ2v) is 8.64. The molecule has 0 bridgehead atoms. The average Bonchev–Trinajstić information content (AvgIpc) is 2.84. The zero-order valence-electron chi connectivity index (χ0n) is 10.9. The van der Waals surface area contributed by atoms with Crippen LogP contribution in [0.3, 0.4) is 0 Å². The minimum atomic E-state index is -3.53. The third-order valence-electron chi connectivity index (χ3n) is 2.91. The molecule has 0 spiro atoms. The maximum absolute atomic E-state index is 12.6. The molecule has 0 unspecified atom stereocenters. The summed E-state index contributed by atoms with van der Waals surface area (Å²) in [4.78, 5) is 0.277. The summed E-state index contributed by atoms with van der Waals surface area (Å²) in [6.07, 6.45) is 0. The first kappa shape index (κ1) is 15.7. The van der Waals surface area contributed by atoms with Crippen LogP contribution in [0.1, 0.15) is 11.1 Å². The van der Waals surface area contributed by atoms with Gasteiger partial charge < -0.3 is 5.73 Å². The average molecular weight is 375 g/mol. The van der Waals surface area contributed by atoms with Gasteiger partial charge in [-0.15, -0.1) is 11.3 Å². The van der Waals surface area contributed by atoms with Crippen LogP contribution >= 0.6 is 27.3 Å². The Morgan fingerprint density at radius 3 is 2.65 bits per heavy atom. The molecule has 0 aliphatic rings. The normalized spacial score (nSPS) is 12.0. The van der Waals surface area contributed by atoms with Crippen LogP contribution in [0, 0.1) is 0 Å². The Labute approximate surface area is 131 Å². The van der Waals surface area contributed by atoms with Crippen molar-refractivity contribution in [2.24, 2.45) is 5.73 Å². The van der Waals surface area contributed by atoms with E-state index in [9.17, 15) is 8.42 Å². The fraction of sp³-hybridized carbons (Fsp3) is 0.231. The maximum atomic E-state index is 12.6. The summed E-state index contributed by atoms with van der Waals surface area (Å²) < 4.78 is 27.5. The molecule has 0 amide bonds. The van der Waals surface area contributed by atoms with Crippen molar-refractivity contribution in [1.29, 1.82) is 0 Å². The standard InChI is InChI=1S/C13H15BrN2O2S2/c1-16(8-10-6-13(14)19-9-10)20(17,18)12-5-3-2-4-11(12)7-15/h2-6,9H,7-8,15H2,1H3. The van der Waals surface area contributed by atoms with E-state index < -0.39 is 10.0 Å². The van der Waals surface area contributed by atoms with Crippen molar-refractivity contribution in [1.82, 2.24) is 4.31 Å². The number of hydrogen-bond acceptors (Lipinski definition) is 4. The summed E-state index contributed by atoms with van der Waals surface area (Å²) in [5.74, 6) is 0. The Morgan fingerprint density at radius 1 is 1.35 bits per heavy atom. The van der Waals surface area contributed by atoms with E-state index in [4.69, 9.17) is 5.73 Å². The lowest BCUT2D eigenvalue weighted by atomic mass is 10.2. The highest BCUT2D eigenvalue weighted by Gasteiger charge is 2.23. The predicted molar refractivity (Wildman–Crippen MR) is 85.0 cm³/mol. The van der Waals surface area contributed by atoms with Gasteiger partial charge in [-0.2, -0.15) is 4.31 Å². The third-order valence-corrected chi connectivity index (χ3v) is 6.36. The molecule has 108 valence electrons. The molecule has 4 nitrogen and oxygen atoms in total. The summed E-state index contributed by atoms with van der Waals surface area (Å²) in [6, 6.07) is 8.75. The fourth-order valence-electron chi connectivity index (χ4n) is 1.86. The van der Waals surface area contributed by atoms with Crippen LogP contribution < -0.4 is 5.73 Å². The summed E-state index contributed by atoms with van der Waals surface area (Å²) >= 11 is 4.91. The largest absolute Gasteiger partial charge is 0.326 e. The van der Waals surface area contributed by atoms with Gasteiger partial charge >= 0.3 is 0 Å². The topological polar surface area (TPSA) is 63.4 Å². The minimum absolute atomic E-state index is 0.202. The summed E-state index contributed by atoms with van der Waals surface area (Å²) in [7, 11) is -1.95. The second kappa shape index (κ2) is 6.36. The van der Waals surface area contributed by atoms with Crippen molar-refractivity contribution in [3.63, 3.8) is 0 Å². The van der Waals surface area contributed by atoms with E-state index in [1.165, 1.54) is 15.6 Å². The lowest BCUT2D eigenvalue weighted by Gasteiger charge is -2.18. The zero-order valence-corrected chi connectivity index (χ0v) is 14.1. The Balaban J connectivity index is 2.29. The number of nitrogens with two attached hydrogens (primary N) is 1. The number of halogens is 1. The molecule has 7 heteroatoms. The molecule has 20 heavy (non-hydrogen) atoms. The van der Waals surface area contributed by atoms with Crippen LogP contribution in [0.5, 0.6) is 0 Å². The van der Waals surface area contributed by atoms with Gasteiger partial charge in [0.05, 0.1) is 8.68 Å². The number of nitrogens with zero attached hydrogens (tertiary/aromatic N) is 1. The van der Waals surface area contributed by atoms with Gasteiger partial charge in [-0.05, 0) is 44.6 Å². The number of rotatable bonds is 5. The fourth-order valence-corrected chi connectivity index (χ4v) is 4.45. The minimum Gasteiger partial charge on any atom is -0.326 e. The molecule has 1 aromatic heterocycles. The first-order valence-electron chi connectivity index (χ1n) is 5.92. The lowest BCUT2D eigenvalue weighted by Crippen LogP contribution is -2.27. The molecule has 0 atom stereocenters. The number of hydrogen-bond donors (Lipinski definition) is 1. The van der Waals surface area contributed by atoms with Gasteiger partial charge in [0.15, 0.2) is 0 Å². The molecule has 0 saturated carbocycles. The van der Waals surface area contributed by atoms with Crippen molar-refractivity contribution >= 4 is 37.3 Å². The maximum Gasteiger partial charge on any atom is 0.243 e. The summed E-state index contributed by atoms with van der Waals surface area (Å²) in [6.45, 7) is 0.538.